The lowest BCUT2D eigenvalue weighted by molar-refractivity contribution is -0.384. The summed E-state index contributed by atoms with van der Waals surface area (Å²) >= 11 is 0. The number of aryl methyl sites for hydroxylation is 2. The number of nitrogens with zero attached hydrogens (tertiary/aromatic N) is 2. The number of rotatable bonds is 3. The molecule has 100 valence electrons. The SMILES string of the molecule is Cc1ccc(-n2c(C)cc(CO)c2C)c([N+](=O)[O-])c1. The fourth-order valence-corrected chi connectivity index (χ4v) is 2.33. The minimum atomic E-state index is -0.375. The van der Waals surface area contributed by atoms with E-state index >= 15 is 0 Å². The van der Waals surface area contributed by atoms with Gasteiger partial charge in [0.15, 0.2) is 0 Å². The van der Waals surface area contributed by atoms with Gasteiger partial charge in [0.25, 0.3) is 5.69 Å². The van der Waals surface area contributed by atoms with E-state index in [4.69, 9.17) is 0 Å². The molecule has 0 amide bonds. The zero-order valence-corrected chi connectivity index (χ0v) is 11.2. The lowest BCUT2D eigenvalue weighted by Crippen LogP contribution is -2.04. The van der Waals surface area contributed by atoms with E-state index in [9.17, 15) is 15.2 Å². The first-order chi connectivity index (χ1) is 8.95. The van der Waals surface area contributed by atoms with Crippen molar-refractivity contribution in [2.45, 2.75) is 27.4 Å². The molecule has 1 heterocycles. The van der Waals surface area contributed by atoms with Gasteiger partial charge in [0.05, 0.1) is 11.5 Å². The molecule has 2 aromatic rings. The number of hydrogen-bond donors (Lipinski definition) is 1. The van der Waals surface area contributed by atoms with E-state index in [1.807, 2.05) is 37.5 Å². The van der Waals surface area contributed by atoms with Crippen molar-refractivity contribution < 1.29 is 10.0 Å². The quantitative estimate of drug-likeness (QED) is 0.681. The maximum Gasteiger partial charge on any atom is 0.293 e. The Balaban J connectivity index is 2.72. The van der Waals surface area contributed by atoms with Crippen molar-refractivity contribution in [3.05, 3.63) is 56.9 Å². The molecule has 5 nitrogen and oxygen atoms in total. The van der Waals surface area contributed by atoms with Crippen LogP contribution in [0.4, 0.5) is 5.69 Å². The van der Waals surface area contributed by atoms with Gasteiger partial charge in [-0.3, -0.25) is 10.1 Å². The van der Waals surface area contributed by atoms with Gasteiger partial charge < -0.3 is 9.67 Å². The molecule has 19 heavy (non-hydrogen) atoms. The van der Waals surface area contributed by atoms with E-state index in [-0.39, 0.29) is 17.2 Å². The Kier molecular flexibility index (Phi) is 3.40. The standard InChI is InChI=1S/C14H16N2O3/c1-9-4-5-13(14(6-9)16(18)19)15-10(2)7-12(8-17)11(15)3/h4-7,17H,8H2,1-3H3. The summed E-state index contributed by atoms with van der Waals surface area (Å²) in [4.78, 5) is 10.8. The van der Waals surface area contributed by atoms with Crippen LogP contribution in [0.1, 0.15) is 22.5 Å². The van der Waals surface area contributed by atoms with Crippen LogP contribution in [0.2, 0.25) is 0 Å². The Morgan fingerprint density at radius 2 is 1.95 bits per heavy atom. The first-order valence-corrected chi connectivity index (χ1v) is 5.99. The molecule has 0 saturated carbocycles. The molecule has 0 aliphatic heterocycles. The number of benzene rings is 1. The van der Waals surface area contributed by atoms with Crippen molar-refractivity contribution in [2.24, 2.45) is 0 Å². The molecule has 0 unspecified atom stereocenters. The summed E-state index contributed by atoms with van der Waals surface area (Å²) in [5, 5.41) is 20.5. The second-order valence-corrected chi connectivity index (χ2v) is 4.64. The summed E-state index contributed by atoms with van der Waals surface area (Å²) in [5.41, 5.74) is 3.93. The summed E-state index contributed by atoms with van der Waals surface area (Å²) in [6.45, 7) is 5.47. The molecular formula is C14H16N2O3. The average Bonchev–Trinajstić information content (AvgIpc) is 2.64. The van der Waals surface area contributed by atoms with Gasteiger partial charge in [-0.15, -0.1) is 0 Å². The van der Waals surface area contributed by atoms with Crippen LogP contribution in [0.15, 0.2) is 24.3 Å². The van der Waals surface area contributed by atoms with E-state index in [2.05, 4.69) is 0 Å². The van der Waals surface area contributed by atoms with Gasteiger partial charge >= 0.3 is 0 Å². The Bertz CT molecular complexity index is 644. The number of hydrogen-bond acceptors (Lipinski definition) is 3. The van der Waals surface area contributed by atoms with Crippen LogP contribution in [0, 0.1) is 30.9 Å². The minimum Gasteiger partial charge on any atom is -0.392 e. The highest BCUT2D eigenvalue weighted by Gasteiger charge is 2.19. The second kappa shape index (κ2) is 4.85. The minimum absolute atomic E-state index is 0.0701. The lowest BCUT2D eigenvalue weighted by atomic mass is 10.2. The van der Waals surface area contributed by atoms with E-state index in [0.29, 0.717) is 5.69 Å². The van der Waals surface area contributed by atoms with Crippen LogP contribution in [-0.4, -0.2) is 14.6 Å². The van der Waals surface area contributed by atoms with Crippen molar-refractivity contribution in [1.82, 2.24) is 4.57 Å². The molecule has 0 aliphatic carbocycles. The Labute approximate surface area is 111 Å². The molecule has 0 spiro atoms. The zero-order valence-electron chi connectivity index (χ0n) is 11.2. The Hall–Kier alpha value is -2.14. The molecule has 5 heteroatoms. The van der Waals surface area contributed by atoms with Gasteiger partial charge in [-0.2, -0.15) is 0 Å². The highest BCUT2D eigenvalue weighted by molar-refractivity contribution is 5.56. The normalized spacial score (nSPS) is 10.7. The number of aliphatic hydroxyl groups is 1. The second-order valence-electron chi connectivity index (χ2n) is 4.64. The zero-order chi connectivity index (χ0) is 14.2. The van der Waals surface area contributed by atoms with Crippen LogP contribution < -0.4 is 0 Å². The summed E-state index contributed by atoms with van der Waals surface area (Å²) < 4.78 is 1.81. The molecule has 1 aromatic heterocycles. The van der Waals surface area contributed by atoms with E-state index in [1.165, 1.54) is 0 Å². The van der Waals surface area contributed by atoms with Gasteiger partial charge in [-0.1, -0.05) is 6.07 Å². The molecule has 1 aromatic carbocycles. The summed E-state index contributed by atoms with van der Waals surface area (Å²) in [7, 11) is 0. The number of nitro benzene ring substituents is 1. The van der Waals surface area contributed by atoms with Crippen LogP contribution in [0.25, 0.3) is 5.69 Å². The molecular weight excluding hydrogens is 244 g/mol. The van der Waals surface area contributed by atoms with Crippen molar-refractivity contribution in [3.8, 4) is 5.69 Å². The summed E-state index contributed by atoms with van der Waals surface area (Å²) in [6, 6.07) is 7.00. The number of aliphatic hydroxyl groups excluding tert-OH is 1. The predicted molar refractivity (Wildman–Crippen MR) is 72.6 cm³/mol. The van der Waals surface area contributed by atoms with Crippen LogP contribution in [-0.2, 0) is 6.61 Å². The molecule has 0 saturated heterocycles. The average molecular weight is 260 g/mol. The third-order valence-electron chi connectivity index (χ3n) is 3.27. The van der Waals surface area contributed by atoms with Crippen molar-refractivity contribution in [2.75, 3.05) is 0 Å². The van der Waals surface area contributed by atoms with Gasteiger partial charge in [0.1, 0.15) is 5.69 Å². The van der Waals surface area contributed by atoms with Gasteiger partial charge in [0, 0.05) is 17.5 Å². The molecule has 0 radical (unpaired) electrons. The third kappa shape index (κ3) is 2.24. The van der Waals surface area contributed by atoms with Gasteiger partial charge in [0.2, 0.25) is 0 Å². The predicted octanol–water partition coefficient (Wildman–Crippen LogP) is 2.80. The molecule has 0 bridgehead atoms. The lowest BCUT2D eigenvalue weighted by Gasteiger charge is -2.11. The molecule has 0 fully saturated rings. The molecule has 2 rings (SSSR count). The van der Waals surface area contributed by atoms with Crippen molar-refractivity contribution in [1.29, 1.82) is 0 Å². The molecule has 0 aliphatic rings. The highest BCUT2D eigenvalue weighted by Crippen LogP contribution is 2.28. The van der Waals surface area contributed by atoms with Crippen LogP contribution >= 0.6 is 0 Å². The van der Waals surface area contributed by atoms with Crippen LogP contribution in [0.3, 0.4) is 0 Å². The highest BCUT2D eigenvalue weighted by atomic mass is 16.6. The maximum atomic E-state index is 11.2. The number of nitro groups is 1. The van der Waals surface area contributed by atoms with E-state index < -0.39 is 0 Å². The fourth-order valence-electron chi connectivity index (χ4n) is 2.33. The fraction of sp³-hybridized carbons (Fsp3) is 0.286. The molecule has 0 atom stereocenters. The van der Waals surface area contributed by atoms with Gasteiger partial charge in [-0.25, -0.2) is 0 Å². The summed E-state index contributed by atoms with van der Waals surface area (Å²) in [6.07, 6.45) is 0. The Morgan fingerprint density at radius 1 is 1.26 bits per heavy atom. The van der Waals surface area contributed by atoms with Crippen molar-refractivity contribution in [3.63, 3.8) is 0 Å². The summed E-state index contributed by atoms with van der Waals surface area (Å²) in [5.74, 6) is 0. The first kappa shape index (κ1) is 13.3. The number of aromatic nitrogens is 1. The Morgan fingerprint density at radius 3 is 2.47 bits per heavy atom. The van der Waals surface area contributed by atoms with E-state index in [1.54, 1.807) is 12.1 Å². The monoisotopic (exact) mass is 260 g/mol. The topological polar surface area (TPSA) is 68.3 Å². The first-order valence-electron chi connectivity index (χ1n) is 5.99. The maximum absolute atomic E-state index is 11.2. The van der Waals surface area contributed by atoms with Crippen molar-refractivity contribution >= 4 is 5.69 Å². The molecule has 1 N–H and O–H groups in total. The van der Waals surface area contributed by atoms with Gasteiger partial charge in [-0.05, 0) is 44.0 Å². The largest absolute Gasteiger partial charge is 0.392 e. The smallest absolute Gasteiger partial charge is 0.293 e. The van der Waals surface area contributed by atoms with E-state index in [0.717, 1.165) is 22.5 Å². The van der Waals surface area contributed by atoms with Crippen LogP contribution in [0.5, 0.6) is 0 Å². The third-order valence-corrected chi connectivity index (χ3v) is 3.27.